The van der Waals surface area contributed by atoms with Crippen LogP contribution in [0, 0.1) is 0 Å². The summed E-state index contributed by atoms with van der Waals surface area (Å²) in [5.41, 5.74) is 0. The monoisotopic (exact) mass is 269 g/mol. The van der Waals surface area contributed by atoms with E-state index in [0.717, 1.165) is 22.4 Å². The van der Waals surface area contributed by atoms with Gasteiger partial charge in [-0.15, -0.1) is 10.2 Å². The molecule has 2 aromatic rings. The Bertz CT molecular complexity index is 472. The van der Waals surface area contributed by atoms with Crippen molar-refractivity contribution in [3.05, 3.63) is 34.3 Å². The van der Waals surface area contributed by atoms with Gasteiger partial charge in [-0.25, -0.2) is 0 Å². The zero-order valence-electron chi connectivity index (χ0n) is 9.31. The van der Waals surface area contributed by atoms with E-state index < -0.39 is 0 Å². The molecule has 90 valence electrons. The van der Waals surface area contributed by atoms with Gasteiger partial charge in [-0.05, 0) is 31.2 Å². The van der Waals surface area contributed by atoms with Crippen LogP contribution in [-0.4, -0.2) is 16.7 Å². The molecule has 1 N–H and O–H groups in total. The van der Waals surface area contributed by atoms with Crippen molar-refractivity contribution in [2.45, 2.75) is 13.5 Å². The second-order valence-electron chi connectivity index (χ2n) is 3.27. The summed E-state index contributed by atoms with van der Waals surface area (Å²) in [6, 6.07) is 7.24. The van der Waals surface area contributed by atoms with E-state index in [-0.39, 0.29) is 0 Å². The second-order valence-corrected chi connectivity index (χ2v) is 4.77. The Morgan fingerprint density at radius 3 is 2.76 bits per heavy atom. The van der Waals surface area contributed by atoms with Crippen molar-refractivity contribution in [2.75, 3.05) is 11.9 Å². The number of benzene rings is 1. The van der Waals surface area contributed by atoms with Crippen molar-refractivity contribution >= 4 is 28.1 Å². The van der Waals surface area contributed by atoms with E-state index in [2.05, 4.69) is 15.5 Å². The molecule has 0 atom stereocenters. The fourth-order valence-electron chi connectivity index (χ4n) is 1.21. The minimum Gasteiger partial charge on any atom is -0.486 e. The summed E-state index contributed by atoms with van der Waals surface area (Å²) < 4.78 is 5.56. The number of ether oxygens (including phenoxy) is 1. The van der Waals surface area contributed by atoms with Gasteiger partial charge in [-0.2, -0.15) is 0 Å². The quantitative estimate of drug-likeness (QED) is 0.905. The highest BCUT2D eigenvalue weighted by Gasteiger charge is 2.03. The molecule has 1 aromatic heterocycles. The lowest BCUT2D eigenvalue weighted by Crippen LogP contribution is -1.94. The Balaban J connectivity index is 1.90. The number of nitrogens with zero attached hydrogens (tertiary/aromatic N) is 2. The summed E-state index contributed by atoms with van der Waals surface area (Å²) in [6.07, 6.45) is 0. The van der Waals surface area contributed by atoms with Crippen molar-refractivity contribution in [1.82, 2.24) is 10.2 Å². The van der Waals surface area contributed by atoms with E-state index in [1.165, 1.54) is 11.3 Å². The fourth-order valence-corrected chi connectivity index (χ4v) is 2.06. The van der Waals surface area contributed by atoms with Gasteiger partial charge in [0.05, 0.1) is 0 Å². The average Bonchev–Trinajstić information content (AvgIpc) is 2.77. The zero-order valence-corrected chi connectivity index (χ0v) is 10.9. The average molecular weight is 270 g/mol. The Kier molecular flexibility index (Phi) is 4.17. The molecule has 0 aliphatic rings. The highest BCUT2D eigenvalue weighted by Crippen LogP contribution is 2.19. The summed E-state index contributed by atoms with van der Waals surface area (Å²) in [6.45, 7) is 3.28. The first-order valence-corrected chi connectivity index (χ1v) is 6.42. The maximum atomic E-state index is 5.78. The molecule has 0 unspecified atom stereocenters. The molecule has 1 aromatic carbocycles. The SMILES string of the molecule is CCNc1nnc(COc2ccc(Cl)cc2)s1. The molecule has 0 saturated heterocycles. The summed E-state index contributed by atoms with van der Waals surface area (Å²) in [7, 11) is 0. The van der Waals surface area contributed by atoms with Gasteiger partial charge in [-0.3, -0.25) is 0 Å². The number of hydrogen-bond donors (Lipinski definition) is 1. The summed E-state index contributed by atoms with van der Waals surface area (Å²) >= 11 is 7.28. The van der Waals surface area contributed by atoms with Gasteiger partial charge in [0.15, 0.2) is 5.01 Å². The molecule has 0 spiro atoms. The van der Waals surface area contributed by atoms with E-state index >= 15 is 0 Å². The predicted molar refractivity (Wildman–Crippen MR) is 69.9 cm³/mol. The largest absolute Gasteiger partial charge is 0.486 e. The highest BCUT2D eigenvalue weighted by molar-refractivity contribution is 7.15. The van der Waals surface area contributed by atoms with Crippen LogP contribution < -0.4 is 10.1 Å². The predicted octanol–water partition coefficient (Wildman–Crippen LogP) is 3.20. The lowest BCUT2D eigenvalue weighted by atomic mass is 10.3. The highest BCUT2D eigenvalue weighted by atomic mass is 35.5. The molecule has 2 rings (SSSR count). The lowest BCUT2D eigenvalue weighted by molar-refractivity contribution is 0.304. The van der Waals surface area contributed by atoms with Crippen molar-refractivity contribution in [3.63, 3.8) is 0 Å². The Morgan fingerprint density at radius 1 is 1.29 bits per heavy atom. The van der Waals surface area contributed by atoms with Crippen LogP contribution in [0.2, 0.25) is 5.02 Å². The van der Waals surface area contributed by atoms with Crippen LogP contribution in [-0.2, 0) is 6.61 Å². The smallest absolute Gasteiger partial charge is 0.205 e. The standard InChI is InChI=1S/C11H12ClN3OS/c1-2-13-11-15-14-10(17-11)7-16-9-5-3-8(12)4-6-9/h3-6H,2,7H2,1H3,(H,13,15). The molecule has 4 nitrogen and oxygen atoms in total. The zero-order chi connectivity index (χ0) is 12.1. The summed E-state index contributed by atoms with van der Waals surface area (Å²) in [4.78, 5) is 0. The summed E-state index contributed by atoms with van der Waals surface area (Å²) in [5.74, 6) is 0.773. The minimum atomic E-state index is 0.421. The number of hydrogen-bond acceptors (Lipinski definition) is 5. The van der Waals surface area contributed by atoms with Crippen LogP contribution in [0.15, 0.2) is 24.3 Å². The molecule has 1 heterocycles. The van der Waals surface area contributed by atoms with Crippen molar-refractivity contribution < 1.29 is 4.74 Å². The van der Waals surface area contributed by atoms with Crippen LogP contribution in [0.4, 0.5) is 5.13 Å². The third kappa shape index (κ3) is 3.57. The van der Waals surface area contributed by atoms with Gasteiger partial charge in [0.1, 0.15) is 12.4 Å². The summed E-state index contributed by atoms with van der Waals surface area (Å²) in [5, 5.41) is 13.5. The number of anilines is 1. The minimum absolute atomic E-state index is 0.421. The maximum Gasteiger partial charge on any atom is 0.205 e. The van der Waals surface area contributed by atoms with Gasteiger partial charge in [-0.1, -0.05) is 22.9 Å². The van der Waals surface area contributed by atoms with Gasteiger partial charge in [0.25, 0.3) is 0 Å². The number of halogens is 1. The Labute approximate surface area is 109 Å². The molecular weight excluding hydrogens is 258 g/mol. The van der Waals surface area contributed by atoms with Crippen molar-refractivity contribution in [2.24, 2.45) is 0 Å². The van der Waals surface area contributed by atoms with E-state index in [1.807, 2.05) is 19.1 Å². The van der Waals surface area contributed by atoms with E-state index in [0.29, 0.717) is 11.6 Å². The number of rotatable bonds is 5. The molecule has 0 radical (unpaired) electrons. The first-order chi connectivity index (χ1) is 8.28. The normalized spacial score (nSPS) is 10.2. The van der Waals surface area contributed by atoms with Gasteiger partial charge < -0.3 is 10.1 Å². The molecule has 0 saturated carbocycles. The van der Waals surface area contributed by atoms with Crippen LogP contribution in [0.3, 0.4) is 0 Å². The molecule has 17 heavy (non-hydrogen) atoms. The van der Waals surface area contributed by atoms with Crippen LogP contribution in [0.1, 0.15) is 11.9 Å². The van der Waals surface area contributed by atoms with Crippen LogP contribution in [0.25, 0.3) is 0 Å². The molecular formula is C11H12ClN3OS. The first kappa shape index (κ1) is 12.1. The van der Waals surface area contributed by atoms with E-state index in [4.69, 9.17) is 16.3 Å². The Hall–Kier alpha value is -1.33. The van der Waals surface area contributed by atoms with Crippen LogP contribution in [0.5, 0.6) is 5.75 Å². The molecule has 0 aliphatic heterocycles. The lowest BCUT2D eigenvalue weighted by Gasteiger charge is -2.02. The van der Waals surface area contributed by atoms with Crippen LogP contribution >= 0.6 is 22.9 Å². The van der Waals surface area contributed by atoms with E-state index in [9.17, 15) is 0 Å². The van der Waals surface area contributed by atoms with Gasteiger partial charge >= 0.3 is 0 Å². The first-order valence-electron chi connectivity index (χ1n) is 5.22. The number of nitrogens with one attached hydrogen (secondary N) is 1. The topological polar surface area (TPSA) is 47.0 Å². The van der Waals surface area contributed by atoms with E-state index in [1.54, 1.807) is 12.1 Å². The number of aromatic nitrogens is 2. The third-order valence-corrected chi connectivity index (χ3v) is 3.08. The van der Waals surface area contributed by atoms with Crippen molar-refractivity contribution in [1.29, 1.82) is 0 Å². The van der Waals surface area contributed by atoms with Gasteiger partial charge in [0, 0.05) is 11.6 Å². The molecule has 6 heteroatoms. The van der Waals surface area contributed by atoms with Crippen molar-refractivity contribution in [3.8, 4) is 5.75 Å². The molecule has 0 aliphatic carbocycles. The molecule has 0 bridgehead atoms. The van der Waals surface area contributed by atoms with Gasteiger partial charge in [0.2, 0.25) is 5.13 Å². The second kappa shape index (κ2) is 5.84. The molecule has 0 fully saturated rings. The fraction of sp³-hybridized carbons (Fsp3) is 0.273. The third-order valence-electron chi connectivity index (χ3n) is 1.97. The Morgan fingerprint density at radius 2 is 2.06 bits per heavy atom. The molecule has 0 amide bonds. The maximum absolute atomic E-state index is 5.78.